The van der Waals surface area contributed by atoms with E-state index < -0.39 is 11.9 Å². The van der Waals surface area contributed by atoms with Gasteiger partial charge in [0.15, 0.2) is 0 Å². The first-order chi connectivity index (χ1) is 12.3. The van der Waals surface area contributed by atoms with Gasteiger partial charge in [0.1, 0.15) is 5.75 Å². The molecule has 1 saturated heterocycles. The van der Waals surface area contributed by atoms with E-state index in [1.807, 2.05) is 41.5 Å². The van der Waals surface area contributed by atoms with E-state index in [0.717, 1.165) is 0 Å². The molecule has 0 radical (unpaired) electrons. The fraction of sp³-hybridized carbons (Fsp3) is 0.619. The lowest BCUT2D eigenvalue weighted by Crippen LogP contribution is -2.38. The highest BCUT2D eigenvalue weighted by Gasteiger charge is 2.31. The molecule has 27 heavy (non-hydrogen) atoms. The van der Waals surface area contributed by atoms with Crippen LogP contribution in [0.3, 0.4) is 0 Å². The largest absolute Gasteiger partial charge is 0.507 e. The smallest absolute Gasteiger partial charge is 0.310 e. The Labute approximate surface area is 161 Å². The quantitative estimate of drug-likeness (QED) is 0.827. The fourth-order valence-corrected chi connectivity index (χ4v) is 3.23. The van der Waals surface area contributed by atoms with Crippen molar-refractivity contribution >= 4 is 11.9 Å². The van der Waals surface area contributed by atoms with Gasteiger partial charge in [-0.2, -0.15) is 0 Å². The average molecular weight is 377 g/mol. The van der Waals surface area contributed by atoms with Crippen molar-refractivity contribution in [2.45, 2.75) is 52.4 Å². The van der Waals surface area contributed by atoms with Crippen LogP contribution in [0.15, 0.2) is 12.1 Å². The van der Waals surface area contributed by atoms with Gasteiger partial charge >= 0.3 is 5.97 Å². The van der Waals surface area contributed by atoms with Crippen LogP contribution in [0.25, 0.3) is 0 Å². The predicted molar refractivity (Wildman–Crippen MR) is 103 cm³/mol. The minimum atomic E-state index is -0.967. The van der Waals surface area contributed by atoms with Crippen LogP contribution in [0.1, 0.15) is 63.0 Å². The number of ether oxygens (including phenoxy) is 1. The van der Waals surface area contributed by atoms with Gasteiger partial charge in [0.25, 0.3) is 5.91 Å². The number of carbonyl (C=O) groups is 2. The molecule has 1 aromatic carbocycles. The summed E-state index contributed by atoms with van der Waals surface area (Å²) in [7, 11) is 0. The molecule has 2 rings (SSSR count). The van der Waals surface area contributed by atoms with Gasteiger partial charge < -0.3 is 19.8 Å². The van der Waals surface area contributed by atoms with Crippen molar-refractivity contribution in [1.29, 1.82) is 0 Å². The minimum absolute atomic E-state index is 0.106. The van der Waals surface area contributed by atoms with Gasteiger partial charge in [0.05, 0.1) is 19.1 Å². The molecule has 0 spiro atoms. The number of phenols is 1. The van der Waals surface area contributed by atoms with E-state index >= 15 is 0 Å². The molecule has 1 aliphatic rings. The maximum Gasteiger partial charge on any atom is 0.310 e. The number of phenolic OH excluding ortho intramolecular Hbond substituents is 1. The Bertz CT molecular complexity index is 692. The molecular weight excluding hydrogens is 346 g/mol. The second kappa shape index (κ2) is 7.50. The number of aromatic hydroxyl groups is 1. The Kier molecular flexibility index (Phi) is 5.90. The molecule has 1 amide bonds. The van der Waals surface area contributed by atoms with E-state index in [1.54, 1.807) is 12.1 Å². The summed E-state index contributed by atoms with van der Waals surface area (Å²) in [4.78, 5) is 26.1. The number of nitrogens with zero attached hydrogens (tertiary/aromatic N) is 1. The average Bonchev–Trinajstić information content (AvgIpc) is 2.78. The Morgan fingerprint density at radius 3 is 2.04 bits per heavy atom. The van der Waals surface area contributed by atoms with Crippen molar-refractivity contribution in [2.24, 2.45) is 5.92 Å². The van der Waals surface area contributed by atoms with E-state index in [9.17, 15) is 19.8 Å². The summed E-state index contributed by atoms with van der Waals surface area (Å²) in [6, 6.07) is 3.46. The SMILES string of the molecule is CC(C)(C)c1cc(C(=O)N2CCOCC(C(=O)O)C2)cc(C(C)(C)C)c1O. The van der Waals surface area contributed by atoms with Gasteiger partial charge in [-0.3, -0.25) is 9.59 Å². The normalized spacial score (nSPS) is 18.9. The lowest BCUT2D eigenvalue weighted by atomic mass is 9.78. The van der Waals surface area contributed by atoms with Crippen molar-refractivity contribution in [3.05, 3.63) is 28.8 Å². The molecule has 0 aromatic heterocycles. The molecular formula is C21H31NO5. The molecule has 6 nitrogen and oxygen atoms in total. The molecule has 1 fully saturated rings. The van der Waals surface area contributed by atoms with Crippen LogP contribution in [0.2, 0.25) is 0 Å². The maximum absolute atomic E-state index is 13.2. The van der Waals surface area contributed by atoms with E-state index in [4.69, 9.17) is 4.74 Å². The Balaban J connectivity index is 2.50. The highest BCUT2D eigenvalue weighted by atomic mass is 16.5. The fourth-order valence-electron chi connectivity index (χ4n) is 3.23. The highest BCUT2D eigenvalue weighted by Crippen LogP contribution is 2.40. The van der Waals surface area contributed by atoms with Crippen LogP contribution >= 0.6 is 0 Å². The third-order valence-electron chi connectivity index (χ3n) is 4.87. The zero-order valence-electron chi connectivity index (χ0n) is 17.1. The number of hydrogen-bond acceptors (Lipinski definition) is 4. The molecule has 1 aromatic rings. The topological polar surface area (TPSA) is 87.1 Å². The van der Waals surface area contributed by atoms with Crippen molar-refractivity contribution in [2.75, 3.05) is 26.3 Å². The number of aliphatic carboxylic acids is 1. The molecule has 6 heteroatoms. The molecule has 1 heterocycles. The molecule has 2 N–H and O–H groups in total. The third kappa shape index (κ3) is 4.80. The van der Waals surface area contributed by atoms with Gasteiger partial charge in [-0.25, -0.2) is 0 Å². The lowest BCUT2D eigenvalue weighted by molar-refractivity contribution is -0.143. The Morgan fingerprint density at radius 2 is 1.59 bits per heavy atom. The van der Waals surface area contributed by atoms with Gasteiger partial charge in [-0.15, -0.1) is 0 Å². The van der Waals surface area contributed by atoms with Crippen LogP contribution in [0.5, 0.6) is 5.75 Å². The number of amides is 1. The summed E-state index contributed by atoms with van der Waals surface area (Å²) in [6.45, 7) is 12.8. The van der Waals surface area contributed by atoms with Crippen LogP contribution in [-0.2, 0) is 20.4 Å². The zero-order valence-corrected chi connectivity index (χ0v) is 17.1. The molecule has 1 atom stereocenters. The Hall–Kier alpha value is -2.08. The zero-order chi connectivity index (χ0) is 20.6. The van der Waals surface area contributed by atoms with E-state index in [2.05, 4.69) is 0 Å². The third-order valence-corrected chi connectivity index (χ3v) is 4.87. The first-order valence-electron chi connectivity index (χ1n) is 9.30. The molecule has 0 bridgehead atoms. The number of rotatable bonds is 2. The predicted octanol–water partition coefficient (Wildman–Crippen LogP) is 3.16. The maximum atomic E-state index is 13.2. The second-order valence-corrected chi connectivity index (χ2v) is 9.28. The summed E-state index contributed by atoms with van der Waals surface area (Å²) < 4.78 is 5.35. The number of carboxylic acids is 1. The van der Waals surface area contributed by atoms with Gasteiger partial charge in [0.2, 0.25) is 0 Å². The van der Waals surface area contributed by atoms with Gasteiger partial charge in [0, 0.05) is 29.8 Å². The van der Waals surface area contributed by atoms with Crippen molar-refractivity contribution in [1.82, 2.24) is 4.90 Å². The van der Waals surface area contributed by atoms with E-state index in [1.165, 1.54) is 4.90 Å². The number of carbonyl (C=O) groups excluding carboxylic acids is 1. The highest BCUT2D eigenvalue weighted by molar-refractivity contribution is 5.95. The van der Waals surface area contributed by atoms with Crippen molar-refractivity contribution in [3.63, 3.8) is 0 Å². The van der Waals surface area contributed by atoms with E-state index in [0.29, 0.717) is 29.8 Å². The molecule has 1 aliphatic heterocycles. The summed E-state index contributed by atoms with van der Waals surface area (Å²) in [5.74, 6) is -1.72. The lowest BCUT2D eigenvalue weighted by Gasteiger charge is -2.29. The molecule has 150 valence electrons. The van der Waals surface area contributed by atoms with Gasteiger partial charge in [-0.1, -0.05) is 41.5 Å². The summed E-state index contributed by atoms with van der Waals surface area (Å²) in [5.41, 5.74) is 1.20. The monoisotopic (exact) mass is 377 g/mol. The van der Waals surface area contributed by atoms with Gasteiger partial charge in [-0.05, 0) is 23.0 Å². The van der Waals surface area contributed by atoms with Crippen LogP contribution in [0.4, 0.5) is 0 Å². The van der Waals surface area contributed by atoms with Crippen LogP contribution in [-0.4, -0.2) is 53.3 Å². The molecule has 0 aliphatic carbocycles. The summed E-state index contributed by atoms with van der Waals surface area (Å²) in [5, 5.41) is 20.1. The first kappa shape index (κ1) is 21.2. The first-order valence-corrected chi connectivity index (χ1v) is 9.30. The number of hydrogen-bond donors (Lipinski definition) is 2. The standard InChI is InChI=1S/C21H31NO5/c1-20(2,3)15-9-13(10-16(17(15)23)21(4,5)6)18(24)22-7-8-27-12-14(11-22)19(25)26/h9-10,14,23H,7-8,11-12H2,1-6H3,(H,25,26). The van der Waals surface area contributed by atoms with Crippen molar-refractivity contribution in [3.8, 4) is 5.75 Å². The molecule has 1 unspecified atom stereocenters. The van der Waals surface area contributed by atoms with Crippen LogP contribution in [0, 0.1) is 5.92 Å². The number of benzene rings is 1. The number of carboxylic acid groups (broad SMARTS) is 1. The van der Waals surface area contributed by atoms with E-state index in [-0.39, 0.29) is 35.6 Å². The van der Waals surface area contributed by atoms with Crippen molar-refractivity contribution < 1.29 is 24.5 Å². The second-order valence-electron chi connectivity index (χ2n) is 9.28. The minimum Gasteiger partial charge on any atom is -0.507 e. The molecule has 0 saturated carbocycles. The summed E-state index contributed by atoms with van der Waals surface area (Å²) >= 11 is 0. The van der Waals surface area contributed by atoms with Crippen LogP contribution < -0.4 is 0 Å². The Morgan fingerprint density at radius 1 is 1.07 bits per heavy atom. The summed E-state index contributed by atoms with van der Waals surface area (Å²) in [6.07, 6.45) is 0.